The van der Waals surface area contributed by atoms with Crippen LogP contribution in [-0.2, 0) is 13.1 Å². The van der Waals surface area contributed by atoms with E-state index in [0.717, 1.165) is 17.9 Å². The number of aromatic nitrogens is 2. The molecule has 0 amide bonds. The predicted octanol–water partition coefficient (Wildman–Crippen LogP) is 3.59. The zero-order chi connectivity index (χ0) is 15.0. The standard InChI is InChI=1S/C16H19ClFN3/c1-10-13(8-19-12-6-7-12)11(2)21(20-10)9-14-15(17)4-3-5-16(14)18/h3-5,12,19H,6-9H2,1-2H3. The highest BCUT2D eigenvalue weighted by Gasteiger charge is 2.22. The van der Waals surface area contributed by atoms with Gasteiger partial charge in [0.15, 0.2) is 0 Å². The Hall–Kier alpha value is -1.39. The van der Waals surface area contributed by atoms with Crippen molar-refractivity contribution in [2.24, 2.45) is 0 Å². The van der Waals surface area contributed by atoms with Crippen molar-refractivity contribution in [3.63, 3.8) is 0 Å². The molecule has 0 atom stereocenters. The first-order chi connectivity index (χ1) is 10.1. The van der Waals surface area contributed by atoms with E-state index in [1.54, 1.807) is 12.1 Å². The second-order valence-corrected chi connectivity index (χ2v) is 6.07. The summed E-state index contributed by atoms with van der Waals surface area (Å²) < 4.78 is 15.7. The second kappa shape index (κ2) is 5.78. The molecule has 1 fully saturated rings. The summed E-state index contributed by atoms with van der Waals surface area (Å²) in [5.74, 6) is -0.285. The van der Waals surface area contributed by atoms with E-state index in [1.165, 1.54) is 24.5 Å². The lowest BCUT2D eigenvalue weighted by molar-refractivity contribution is 0.578. The van der Waals surface area contributed by atoms with Gasteiger partial charge in [0.1, 0.15) is 5.82 Å². The van der Waals surface area contributed by atoms with Gasteiger partial charge in [-0.2, -0.15) is 5.10 Å². The van der Waals surface area contributed by atoms with Crippen LogP contribution in [0.4, 0.5) is 4.39 Å². The number of aryl methyl sites for hydroxylation is 1. The molecule has 1 aromatic carbocycles. The number of hydrogen-bond donors (Lipinski definition) is 1. The normalized spacial score (nSPS) is 14.7. The van der Waals surface area contributed by atoms with Gasteiger partial charge < -0.3 is 5.32 Å². The molecule has 21 heavy (non-hydrogen) atoms. The average molecular weight is 308 g/mol. The summed E-state index contributed by atoms with van der Waals surface area (Å²) in [6.07, 6.45) is 2.52. The highest BCUT2D eigenvalue weighted by atomic mass is 35.5. The maximum absolute atomic E-state index is 13.9. The molecule has 0 unspecified atom stereocenters. The minimum atomic E-state index is -0.285. The summed E-state index contributed by atoms with van der Waals surface area (Å²) in [6, 6.07) is 5.42. The highest BCUT2D eigenvalue weighted by molar-refractivity contribution is 6.31. The minimum Gasteiger partial charge on any atom is -0.310 e. The fourth-order valence-corrected chi connectivity index (χ4v) is 2.73. The van der Waals surface area contributed by atoms with Gasteiger partial charge in [0.2, 0.25) is 0 Å². The summed E-state index contributed by atoms with van der Waals surface area (Å²) in [7, 11) is 0. The third kappa shape index (κ3) is 3.11. The molecule has 0 saturated heterocycles. The van der Waals surface area contributed by atoms with Crippen molar-refractivity contribution in [1.82, 2.24) is 15.1 Å². The van der Waals surface area contributed by atoms with Crippen LogP contribution in [0.3, 0.4) is 0 Å². The van der Waals surface area contributed by atoms with Crippen LogP contribution in [0.1, 0.15) is 35.4 Å². The molecule has 5 heteroatoms. The summed E-state index contributed by atoms with van der Waals surface area (Å²) in [6.45, 7) is 5.21. The van der Waals surface area contributed by atoms with Gasteiger partial charge in [-0.05, 0) is 38.8 Å². The molecule has 3 nitrogen and oxygen atoms in total. The Labute approximate surface area is 129 Å². The first-order valence-electron chi connectivity index (χ1n) is 7.25. The molecular formula is C16H19ClFN3. The fraction of sp³-hybridized carbons (Fsp3) is 0.438. The third-order valence-electron chi connectivity index (χ3n) is 4.05. The molecule has 1 heterocycles. The maximum atomic E-state index is 13.9. The number of nitrogens with one attached hydrogen (secondary N) is 1. The summed E-state index contributed by atoms with van der Waals surface area (Å²) in [5.41, 5.74) is 3.76. The molecular weight excluding hydrogens is 289 g/mol. The van der Waals surface area contributed by atoms with E-state index < -0.39 is 0 Å². The number of benzene rings is 1. The predicted molar refractivity (Wildman–Crippen MR) is 82.1 cm³/mol. The molecule has 1 N–H and O–H groups in total. The van der Waals surface area contributed by atoms with Gasteiger partial charge >= 0.3 is 0 Å². The van der Waals surface area contributed by atoms with Gasteiger partial charge in [0, 0.05) is 34.4 Å². The van der Waals surface area contributed by atoms with Crippen molar-refractivity contribution in [1.29, 1.82) is 0 Å². The number of hydrogen-bond acceptors (Lipinski definition) is 2. The van der Waals surface area contributed by atoms with Crippen LogP contribution in [0.15, 0.2) is 18.2 Å². The monoisotopic (exact) mass is 307 g/mol. The molecule has 3 rings (SSSR count). The zero-order valence-electron chi connectivity index (χ0n) is 12.3. The van der Waals surface area contributed by atoms with E-state index in [2.05, 4.69) is 10.4 Å². The van der Waals surface area contributed by atoms with Gasteiger partial charge in [0.25, 0.3) is 0 Å². The van der Waals surface area contributed by atoms with Gasteiger partial charge in [0.05, 0.1) is 12.2 Å². The van der Waals surface area contributed by atoms with Crippen molar-refractivity contribution in [2.75, 3.05) is 0 Å². The molecule has 0 aliphatic heterocycles. The Morgan fingerprint density at radius 1 is 1.33 bits per heavy atom. The van der Waals surface area contributed by atoms with Crippen molar-refractivity contribution in [3.8, 4) is 0 Å². The molecule has 1 aliphatic rings. The maximum Gasteiger partial charge on any atom is 0.129 e. The number of halogens is 2. The van der Waals surface area contributed by atoms with Gasteiger partial charge in [-0.3, -0.25) is 4.68 Å². The van der Waals surface area contributed by atoms with Crippen LogP contribution in [0.25, 0.3) is 0 Å². The molecule has 1 aliphatic carbocycles. The largest absolute Gasteiger partial charge is 0.310 e. The van der Waals surface area contributed by atoms with Crippen LogP contribution < -0.4 is 5.32 Å². The van der Waals surface area contributed by atoms with Gasteiger partial charge in [-0.1, -0.05) is 17.7 Å². The van der Waals surface area contributed by atoms with Crippen LogP contribution in [0.5, 0.6) is 0 Å². The highest BCUT2D eigenvalue weighted by Crippen LogP contribution is 2.23. The summed E-state index contributed by atoms with van der Waals surface area (Å²) in [4.78, 5) is 0. The molecule has 1 aromatic heterocycles. The second-order valence-electron chi connectivity index (χ2n) is 5.66. The van der Waals surface area contributed by atoms with Crippen LogP contribution in [0.2, 0.25) is 5.02 Å². The molecule has 2 aromatic rings. The van der Waals surface area contributed by atoms with Crippen molar-refractivity contribution in [2.45, 2.75) is 45.8 Å². The lowest BCUT2D eigenvalue weighted by Crippen LogP contribution is -2.16. The van der Waals surface area contributed by atoms with Crippen LogP contribution in [-0.4, -0.2) is 15.8 Å². The van der Waals surface area contributed by atoms with Crippen molar-refractivity contribution >= 4 is 11.6 Å². The van der Waals surface area contributed by atoms with Crippen LogP contribution >= 0.6 is 11.6 Å². The van der Waals surface area contributed by atoms with E-state index in [1.807, 2.05) is 18.5 Å². The first-order valence-corrected chi connectivity index (χ1v) is 7.63. The summed E-state index contributed by atoms with van der Waals surface area (Å²) >= 11 is 6.10. The zero-order valence-corrected chi connectivity index (χ0v) is 13.0. The Balaban J connectivity index is 1.83. The molecule has 0 radical (unpaired) electrons. The Bertz CT molecular complexity index is 642. The van der Waals surface area contributed by atoms with Crippen LogP contribution in [0, 0.1) is 19.7 Å². The van der Waals surface area contributed by atoms with E-state index in [0.29, 0.717) is 23.2 Å². The molecule has 0 bridgehead atoms. The molecule has 112 valence electrons. The van der Waals surface area contributed by atoms with Gasteiger partial charge in [-0.15, -0.1) is 0 Å². The van der Waals surface area contributed by atoms with E-state index in [-0.39, 0.29) is 5.82 Å². The molecule has 0 spiro atoms. The Morgan fingerprint density at radius 2 is 2.10 bits per heavy atom. The first kappa shape index (κ1) is 14.5. The Morgan fingerprint density at radius 3 is 2.76 bits per heavy atom. The average Bonchev–Trinajstić information content (AvgIpc) is 3.21. The minimum absolute atomic E-state index is 0.285. The van der Waals surface area contributed by atoms with E-state index in [4.69, 9.17) is 11.6 Å². The lowest BCUT2D eigenvalue weighted by Gasteiger charge is -2.09. The topological polar surface area (TPSA) is 29.9 Å². The Kier molecular flexibility index (Phi) is 4.00. The third-order valence-corrected chi connectivity index (χ3v) is 4.40. The SMILES string of the molecule is Cc1nn(Cc2c(F)cccc2Cl)c(C)c1CNC1CC1. The van der Waals surface area contributed by atoms with Crippen molar-refractivity contribution in [3.05, 3.63) is 51.6 Å². The van der Waals surface area contributed by atoms with E-state index >= 15 is 0 Å². The molecule has 1 saturated carbocycles. The number of rotatable bonds is 5. The van der Waals surface area contributed by atoms with E-state index in [9.17, 15) is 4.39 Å². The smallest absolute Gasteiger partial charge is 0.129 e. The summed E-state index contributed by atoms with van der Waals surface area (Å²) in [5, 5.41) is 8.48. The van der Waals surface area contributed by atoms with Crippen molar-refractivity contribution < 1.29 is 4.39 Å². The fourth-order valence-electron chi connectivity index (χ4n) is 2.51. The lowest BCUT2D eigenvalue weighted by atomic mass is 10.2. The number of nitrogens with zero attached hydrogens (tertiary/aromatic N) is 2. The van der Waals surface area contributed by atoms with Gasteiger partial charge in [-0.25, -0.2) is 4.39 Å². The quantitative estimate of drug-likeness (QED) is 0.915.